The van der Waals surface area contributed by atoms with Crippen LogP contribution in [0.1, 0.15) is 13.3 Å². The molecule has 0 saturated heterocycles. The van der Waals surface area contributed by atoms with Gasteiger partial charge in [0.1, 0.15) is 0 Å². The first-order valence-corrected chi connectivity index (χ1v) is 6.20. The zero-order valence-corrected chi connectivity index (χ0v) is 9.72. The molecule has 0 aromatic rings. The van der Waals surface area contributed by atoms with E-state index in [4.69, 9.17) is 10.8 Å². The van der Waals surface area contributed by atoms with Gasteiger partial charge in [-0.25, -0.2) is 0 Å². The molecule has 0 radical (unpaired) electrons. The van der Waals surface area contributed by atoms with Crippen molar-refractivity contribution < 1.29 is 9.90 Å². The Bertz CT molecular complexity index is 167. The lowest BCUT2D eigenvalue weighted by atomic mass is 10.2. The standard InChI is InChI=1S/C9H20N2O2S/c1-3-11(5-6-12)9(13)8(10)4-7-14-2/h8,12H,3-7,10H2,1-2H3/t8-/m1/s1. The highest BCUT2D eigenvalue weighted by atomic mass is 32.2. The minimum Gasteiger partial charge on any atom is -0.395 e. The topological polar surface area (TPSA) is 66.6 Å². The molecule has 0 rings (SSSR count). The van der Waals surface area contributed by atoms with E-state index in [1.807, 2.05) is 13.2 Å². The van der Waals surface area contributed by atoms with Crippen LogP contribution in [0.25, 0.3) is 0 Å². The van der Waals surface area contributed by atoms with Crippen molar-refractivity contribution in [2.75, 3.05) is 31.7 Å². The molecule has 0 heterocycles. The lowest BCUT2D eigenvalue weighted by molar-refractivity contribution is -0.132. The summed E-state index contributed by atoms with van der Waals surface area (Å²) in [7, 11) is 0. The van der Waals surface area contributed by atoms with E-state index in [9.17, 15) is 4.79 Å². The fourth-order valence-corrected chi connectivity index (χ4v) is 1.64. The van der Waals surface area contributed by atoms with Crippen LogP contribution >= 0.6 is 11.8 Å². The third kappa shape index (κ3) is 4.83. The van der Waals surface area contributed by atoms with E-state index in [0.29, 0.717) is 19.5 Å². The van der Waals surface area contributed by atoms with Crippen LogP contribution in [0.15, 0.2) is 0 Å². The van der Waals surface area contributed by atoms with Crippen LogP contribution in [-0.2, 0) is 4.79 Å². The zero-order chi connectivity index (χ0) is 11.0. The number of likely N-dealkylation sites (N-methyl/N-ethyl adjacent to an activating group) is 1. The Labute approximate surface area is 89.8 Å². The van der Waals surface area contributed by atoms with Gasteiger partial charge in [-0.2, -0.15) is 11.8 Å². The van der Waals surface area contributed by atoms with E-state index in [2.05, 4.69) is 0 Å². The van der Waals surface area contributed by atoms with Crippen molar-refractivity contribution in [3.63, 3.8) is 0 Å². The molecule has 1 amide bonds. The zero-order valence-electron chi connectivity index (χ0n) is 8.90. The summed E-state index contributed by atoms with van der Waals surface area (Å²) in [5.74, 6) is 0.833. The van der Waals surface area contributed by atoms with E-state index in [-0.39, 0.29) is 12.5 Å². The van der Waals surface area contributed by atoms with Crippen molar-refractivity contribution in [2.45, 2.75) is 19.4 Å². The number of rotatable bonds is 7. The molecule has 0 bridgehead atoms. The number of nitrogens with zero attached hydrogens (tertiary/aromatic N) is 1. The Morgan fingerprint density at radius 2 is 2.29 bits per heavy atom. The summed E-state index contributed by atoms with van der Waals surface area (Å²) in [6.45, 7) is 2.86. The Hall–Kier alpha value is -0.260. The molecule has 0 fully saturated rings. The van der Waals surface area contributed by atoms with Crippen LogP contribution in [-0.4, -0.2) is 53.7 Å². The second kappa shape index (κ2) is 8.08. The summed E-state index contributed by atoms with van der Waals surface area (Å²) < 4.78 is 0. The Morgan fingerprint density at radius 1 is 1.64 bits per heavy atom. The Balaban J connectivity index is 3.99. The number of amides is 1. The molecule has 0 aromatic carbocycles. The van der Waals surface area contributed by atoms with Crippen LogP contribution in [0.3, 0.4) is 0 Å². The third-order valence-corrected chi connectivity index (χ3v) is 2.66. The Kier molecular flexibility index (Phi) is 7.93. The number of hydrogen-bond acceptors (Lipinski definition) is 4. The predicted octanol–water partition coefficient (Wildman–Crippen LogP) is -0.0924. The van der Waals surface area contributed by atoms with Gasteiger partial charge in [-0.15, -0.1) is 0 Å². The van der Waals surface area contributed by atoms with Crippen molar-refractivity contribution in [3.05, 3.63) is 0 Å². The van der Waals surface area contributed by atoms with Gasteiger partial charge in [-0.05, 0) is 25.4 Å². The van der Waals surface area contributed by atoms with E-state index < -0.39 is 6.04 Å². The summed E-state index contributed by atoms with van der Waals surface area (Å²) in [4.78, 5) is 13.2. The normalized spacial score (nSPS) is 12.6. The molecule has 4 nitrogen and oxygen atoms in total. The lowest BCUT2D eigenvalue weighted by Gasteiger charge is -2.23. The highest BCUT2D eigenvalue weighted by Crippen LogP contribution is 2.02. The predicted molar refractivity (Wildman–Crippen MR) is 60.3 cm³/mol. The quantitative estimate of drug-likeness (QED) is 0.629. The summed E-state index contributed by atoms with van der Waals surface area (Å²) in [5.41, 5.74) is 5.72. The van der Waals surface area contributed by atoms with Gasteiger partial charge in [-0.3, -0.25) is 4.79 Å². The first-order chi connectivity index (χ1) is 6.67. The largest absolute Gasteiger partial charge is 0.395 e. The number of aliphatic hydroxyl groups excluding tert-OH is 1. The van der Waals surface area contributed by atoms with Gasteiger partial charge in [0.05, 0.1) is 12.6 Å². The number of hydrogen-bond donors (Lipinski definition) is 2. The monoisotopic (exact) mass is 220 g/mol. The average Bonchev–Trinajstić information content (AvgIpc) is 2.21. The third-order valence-electron chi connectivity index (χ3n) is 2.01. The Morgan fingerprint density at radius 3 is 2.71 bits per heavy atom. The molecule has 0 aliphatic heterocycles. The first kappa shape index (κ1) is 13.7. The molecule has 3 N–H and O–H groups in total. The molecular formula is C9H20N2O2S. The number of aliphatic hydroxyl groups is 1. The van der Waals surface area contributed by atoms with Gasteiger partial charge in [-0.1, -0.05) is 0 Å². The fourth-order valence-electron chi connectivity index (χ4n) is 1.15. The number of thioether (sulfide) groups is 1. The van der Waals surface area contributed by atoms with Gasteiger partial charge < -0.3 is 15.7 Å². The van der Waals surface area contributed by atoms with Crippen molar-refractivity contribution in [1.29, 1.82) is 0 Å². The van der Waals surface area contributed by atoms with Crippen LogP contribution in [0.4, 0.5) is 0 Å². The molecular weight excluding hydrogens is 200 g/mol. The smallest absolute Gasteiger partial charge is 0.239 e. The molecule has 0 aromatic heterocycles. The van der Waals surface area contributed by atoms with Crippen LogP contribution in [0, 0.1) is 0 Å². The molecule has 0 aliphatic rings. The second-order valence-corrected chi connectivity index (χ2v) is 4.02. The summed E-state index contributed by atoms with van der Waals surface area (Å²) in [6, 6.07) is -0.422. The van der Waals surface area contributed by atoms with Gasteiger partial charge in [0.15, 0.2) is 0 Å². The van der Waals surface area contributed by atoms with Crippen molar-refractivity contribution in [1.82, 2.24) is 4.90 Å². The first-order valence-electron chi connectivity index (χ1n) is 4.81. The number of nitrogens with two attached hydrogens (primary N) is 1. The molecule has 84 valence electrons. The van der Waals surface area contributed by atoms with Crippen molar-refractivity contribution in [3.8, 4) is 0 Å². The summed E-state index contributed by atoms with van der Waals surface area (Å²) >= 11 is 1.68. The molecule has 5 heteroatoms. The summed E-state index contributed by atoms with van der Waals surface area (Å²) in [6.07, 6.45) is 2.68. The van der Waals surface area contributed by atoms with Crippen LogP contribution in [0.2, 0.25) is 0 Å². The van der Waals surface area contributed by atoms with Gasteiger partial charge in [0.25, 0.3) is 0 Å². The lowest BCUT2D eigenvalue weighted by Crippen LogP contribution is -2.45. The second-order valence-electron chi connectivity index (χ2n) is 3.03. The highest BCUT2D eigenvalue weighted by Gasteiger charge is 2.18. The molecule has 0 spiro atoms. The van der Waals surface area contributed by atoms with E-state index in [1.165, 1.54) is 0 Å². The maximum absolute atomic E-state index is 11.7. The SMILES string of the molecule is CCN(CCO)C(=O)[C@H](N)CCSC. The van der Waals surface area contributed by atoms with Gasteiger partial charge in [0, 0.05) is 13.1 Å². The molecule has 0 unspecified atom stereocenters. The van der Waals surface area contributed by atoms with E-state index >= 15 is 0 Å². The minimum absolute atomic E-state index is 0.00513. The number of carbonyl (C=O) groups excluding carboxylic acids is 1. The maximum atomic E-state index is 11.7. The fraction of sp³-hybridized carbons (Fsp3) is 0.889. The van der Waals surface area contributed by atoms with Crippen LogP contribution in [0.5, 0.6) is 0 Å². The van der Waals surface area contributed by atoms with Crippen molar-refractivity contribution in [2.24, 2.45) is 5.73 Å². The van der Waals surface area contributed by atoms with E-state index in [1.54, 1.807) is 16.7 Å². The maximum Gasteiger partial charge on any atom is 0.239 e. The van der Waals surface area contributed by atoms with Gasteiger partial charge >= 0.3 is 0 Å². The molecule has 0 saturated carbocycles. The summed E-state index contributed by atoms with van der Waals surface area (Å²) in [5, 5.41) is 8.74. The highest BCUT2D eigenvalue weighted by molar-refractivity contribution is 7.98. The van der Waals surface area contributed by atoms with Crippen LogP contribution < -0.4 is 5.73 Å². The van der Waals surface area contributed by atoms with E-state index in [0.717, 1.165) is 5.75 Å². The van der Waals surface area contributed by atoms with Gasteiger partial charge in [0.2, 0.25) is 5.91 Å². The minimum atomic E-state index is -0.422. The molecule has 1 atom stereocenters. The van der Waals surface area contributed by atoms with Crippen molar-refractivity contribution >= 4 is 17.7 Å². The average molecular weight is 220 g/mol. The molecule has 0 aliphatic carbocycles. The molecule has 14 heavy (non-hydrogen) atoms. The number of carbonyl (C=O) groups is 1.